The topological polar surface area (TPSA) is 21.3 Å². The first kappa shape index (κ1) is 51.0. The van der Waals surface area contributed by atoms with E-state index in [4.69, 9.17) is 4.74 Å². The predicted octanol–water partition coefficient (Wildman–Crippen LogP) is 7.95. The van der Waals surface area contributed by atoms with E-state index in [-0.39, 0.29) is 5.54 Å². The molecule has 0 aliphatic carbocycles. The second kappa shape index (κ2) is 19.6. The molecular formula is C46H100N7O+5. The van der Waals surface area contributed by atoms with Gasteiger partial charge in [-0.1, -0.05) is 0 Å². The number of hydrogen-bond acceptors (Lipinski definition) is 2. The summed E-state index contributed by atoms with van der Waals surface area (Å²) in [5.74, 6) is 0. The van der Waals surface area contributed by atoms with Crippen LogP contribution in [0.3, 0.4) is 0 Å². The van der Waals surface area contributed by atoms with E-state index in [9.17, 15) is 0 Å². The van der Waals surface area contributed by atoms with E-state index in [1.165, 1.54) is 97.9 Å². The smallest absolute Gasteiger partial charge is 0.243 e. The molecule has 8 nitrogen and oxygen atoms in total. The number of hydrogen-bond donors (Lipinski definition) is 0. The summed E-state index contributed by atoms with van der Waals surface area (Å²) in [7, 11) is 13.8. The monoisotopic (exact) mass is 767 g/mol. The number of likely N-dealkylation sites (tertiary alicyclic amines) is 2. The average Bonchev–Trinajstić information content (AvgIpc) is 3.67. The van der Waals surface area contributed by atoms with E-state index >= 15 is 0 Å². The molecule has 0 atom stereocenters. The van der Waals surface area contributed by atoms with Crippen LogP contribution in [0.25, 0.3) is 0 Å². The van der Waals surface area contributed by atoms with Gasteiger partial charge in [0.25, 0.3) is 0 Å². The first-order valence-electron chi connectivity index (χ1n) is 21.9. The summed E-state index contributed by atoms with van der Waals surface area (Å²) >= 11 is 0. The third-order valence-corrected chi connectivity index (χ3v) is 14.1. The van der Waals surface area contributed by atoms with Crippen LogP contribution in [0.15, 0.2) is 18.7 Å². The molecule has 0 spiro atoms. The number of rotatable bonds is 0. The molecule has 1 aromatic rings. The fourth-order valence-corrected chi connectivity index (χ4v) is 7.53. The van der Waals surface area contributed by atoms with Crippen molar-refractivity contribution in [2.75, 3.05) is 114 Å². The second-order valence-electron chi connectivity index (χ2n) is 23.6. The van der Waals surface area contributed by atoms with Crippen molar-refractivity contribution in [3.8, 4) is 0 Å². The van der Waals surface area contributed by atoms with Gasteiger partial charge in [-0.2, -0.15) is 0 Å². The fraction of sp³-hybridized carbons (Fsp3) is 0.935. The minimum atomic E-state index is 0.210. The van der Waals surface area contributed by atoms with Gasteiger partial charge in [0.15, 0.2) is 0 Å². The van der Waals surface area contributed by atoms with Crippen molar-refractivity contribution in [1.82, 2.24) is 9.47 Å². The number of likely N-dealkylation sites (N-methyl/N-ethyl adjacent to an activating group) is 2. The lowest BCUT2D eigenvalue weighted by molar-refractivity contribution is -0.959. The Balaban J connectivity index is 0.000000338. The highest BCUT2D eigenvalue weighted by Gasteiger charge is 2.39. The first-order chi connectivity index (χ1) is 24.2. The zero-order valence-corrected chi connectivity index (χ0v) is 40.8. The normalized spacial score (nSPS) is 22.8. The fourth-order valence-electron chi connectivity index (χ4n) is 7.53. The van der Waals surface area contributed by atoms with Gasteiger partial charge in [0.1, 0.15) is 31.0 Å². The molecule has 0 radical (unpaired) electrons. The Morgan fingerprint density at radius 1 is 0.481 bits per heavy atom. The van der Waals surface area contributed by atoms with Crippen LogP contribution in [-0.4, -0.2) is 163 Å². The van der Waals surface area contributed by atoms with Crippen LogP contribution in [0, 0.1) is 0 Å². The Morgan fingerprint density at radius 2 is 0.833 bits per heavy atom. The van der Waals surface area contributed by atoms with Crippen LogP contribution in [0.2, 0.25) is 0 Å². The lowest BCUT2D eigenvalue weighted by atomic mass is 9.97. The van der Waals surface area contributed by atoms with Gasteiger partial charge in [0.05, 0.1) is 111 Å². The van der Waals surface area contributed by atoms with E-state index in [0.29, 0.717) is 22.2 Å². The summed E-state index contributed by atoms with van der Waals surface area (Å²) in [6.45, 7) is 49.2. The highest BCUT2D eigenvalue weighted by molar-refractivity contribution is 4.79. The third-order valence-electron chi connectivity index (χ3n) is 14.1. The maximum Gasteiger partial charge on any atom is 0.243 e. The predicted molar refractivity (Wildman–Crippen MR) is 235 cm³/mol. The van der Waals surface area contributed by atoms with E-state index in [1.807, 2.05) is 17.8 Å². The standard InChI is InChI=1S/C10H23N2.C10H22N.C9H20NO.C9H20N.C8H15N2/c1-10(2,3)11-6-8-12(4,5)9-7-11;1-10(2,3)11(4)8-6-5-7-9-11;1-9(2,3)10(4)5-7-11-8-6-10;1-9(2,3)10(4)7-5-6-8-10;1-8(2,3)10-6-5-9(4)7-10/h6-9H2,1-5H3;5-9H2,1-4H3;5-8H2,1-4H3;5-8H2,1-4H3;5-7H,1-4H3/q5*+1. The van der Waals surface area contributed by atoms with Crippen molar-refractivity contribution in [2.24, 2.45) is 7.05 Å². The first-order valence-corrected chi connectivity index (χ1v) is 21.9. The molecule has 0 amide bonds. The molecule has 8 heteroatoms. The molecule has 4 aliphatic rings. The molecule has 4 fully saturated rings. The van der Waals surface area contributed by atoms with E-state index < -0.39 is 0 Å². The van der Waals surface area contributed by atoms with Crippen molar-refractivity contribution in [1.29, 1.82) is 0 Å². The Morgan fingerprint density at radius 3 is 1.07 bits per heavy atom. The zero-order chi connectivity index (χ0) is 42.1. The van der Waals surface area contributed by atoms with Crippen molar-refractivity contribution in [3.05, 3.63) is 18.7 Å². The third kappa shape index (κ3) is 16.4. The average molecular weight is 767 g/mol. The largest absolute Gasteiger partial charge is 0.370 e. The summed E-state index contributed by atoms with van der Waals surface area (Å²) in [4.78, 5) is 2.58. The summed E-state index contributed by atoms with van der Waals surface area (Å²) in [6.07, 6.45) is 13.4. The van der Waals surface area contributed by atoms with Gasteiger partial charge in [0, 0.05) is 31.5 Å². The Bertz CT molecular complexity index is 1140. The minimum Gasteiger partial charge on any atom is -0.370 e. The molecule has 320 valence electrons. The summed E-state index contributed by atoms with van der Waals surface area (Å²) < 4.78 is 14.5. The second-order valence-corrected chi connectivity index (χ2v) is 23.6. The maximum absolute atomic E-state index is 5.34. The minimum absolute atomic E-state index is 0.210. The van der Waals surface area contributed by atoms with Gasteiger partial charge in [-0.05, 0) is 123 Å². The maximum atomic E-state index is 5.34. The molecule has 4 aliphatic heterocycles. The molecule has 5 heterocycles. The quantitative estimate of drug-likeness (QED) is 0.198. The molecular weight excluding hydrogens is 667 g/mol. The number of nitrogens with zero attached hydrogens (tertiary/aromatic N) is 7. The number of piperidine rings is 1. The molecule has 1 aromatic heterocycles. The molecule has 0 unspecified atom stereocenters. The van der Waals surface area contributed by atoms with Crippen LogP contribution in [0.5, 0.6) is 0 Å². The van der Waals surface area contributed by atoms with Crippen LogP contribution < -0.4 is 4.57 Å². The SMILES string of the molecule is CC(C)(C)N1CC[N+](C)(C)CC1.CC(C)(C)[N+]1(C)CCCC1.CC(C)(C)[N+]1(C)CCCCC1.CC(C)(C)[N+]1(C)CCOCC1.C[n+]1ccn(C(C)(C)C)c1. The number of morpholine rings is 1. The van der Waals surface area contributed by atoms with Gasteiger partial charge in [-0.3, -0.25) is 4.90 Å². The Labute approximate surface area is 339 Å². The van der Waals surface area contributed by atoms with Crippen molar-refractivity contribution < 1.29 is 27.2 Å². The van der Waals surface area contributed by atoms with Crippen molar-refractivity contribution >= 4 is 0 Å². The lowest BCUT2D eigenvalue weighted by Crippen LogP contribution is -2.62. The van der Waals surface area contributed by atoms with E-state index in [0.717, 1.165) is 30.8 Å². The molecule has 5 rings (SSSR count). The van der Waals surface area contributed by atoms with Crippen molar-refractivity contribution in [3.63, 3.8) is 0 Å². The Hall–Kier alpha value is -1.03. The van der Waals surface area contributed by atoms with Gasteiger partial charge in [0.2, 0.25) is 6.33 Å². The van der Waals surface area contributed by atoms with Gasteiger partial charge in [-0.25, -0.2) is 9.13 Å². The van der Waals surface area contributed by atoms with Gasteiger partial charge < -0.3 is 22.7 Å². The summed E-state index contributed by atoms with van der Waals surface area (Å²) in [5.41, 5.74) is 1.84. The molecule has 0 N–H and O–H groups in total. The molecule has 0 aromatic carbocycles. The summed E-state index contributed by atoms with van der Waals surface area (Å²) in [5, 5.41) is 0. The number of aromatic nitrogens is 2. The lowest BCUT2D eigenvalue weighted by Gasteiger charge is -2.48. The number of quaternary nitrogens is 4. The van der Waals surface area contributed by atoms with Gasteiger partial charge >= 0.3 is 0 Å². The molecule has 4 saturated heterocycles. The highest BCUT2D eigenvalue weighted by atomic mass is 16.5. The molecule has 0 saturated carbocycles. The number of piperazine rings is 1. The van der Waals surface area contributed by atoms with Crippen LogP contribution in [-0.2, 0) is 17.3 Å². The number of imidazole rings is 1. The number of ether oxygens (including phenoxy) is 1. The van der Waals surface area contributed by atoms with Gasteiger partial charge in [-0.15, -0.1) is 0 Å². The van der Waals surface area contributed by atoms with Crippen LogP contribution >= 0.6 is 0 Å². The van der Waals surface area contributed by atoms with Crippen LogP contribution in [0.1, 0.15) is 136 Å². The highest BCUT2D eigenvalue weighted by Crippen LogP contribution is 2.29. The number of aryl methyl sites for hydroxylation is 1. The molecule has 0 bridgehead atoms. The summed E-state index contributed by atoms with van der Waals surface area (Å²) in [6, 6.07) is 0. The van der Waals surface area contributed by atoms with E-state index in [1.54, 1.807) is 0 Å². The van der Waals surface area contributed by atoms with Crippen LogP contribution in [0.4, 0.5) is 0 Å². The van der Waals surface area contributed by atoms with E-state index in [2.05, 4.69) is 161 Å². The molecule has 54 heavy (non-hydrogen) atoms. The Kier molecular flexibility index (Phi) is 18.5. The zero-order valence-electron chi connectivity index (χ0n) is 40.8. The van der Waals surface area contributed by atoms with Crippen molar-refractivity contribution in [2.45, 2.75) is 164 Å².